The summed E-state index contributed by atoms with van der Waals surface area (Å²) in [5.41, 5.74) is 3.35. The minimum Gasteiger partial charge on any atom is -0.366 e. The average Bonchev–Trinajstić information content (AvgIpc) is 3.97. The second-order valence-electron chi connectivity index (χ2n) is 12.1. The predicted octanol–water partition coefficient (Wildman–Crippen LogP) is 8.51. The van der Waals surface area contributed by atoms with E-state index in [-0.39, 0.29) is 17.5 Å². The molecule has 0 bridgehead atoms. The molecule has 7 aromatic rings. The number of nitrogens with zero attached hydrogens (tertiary/aromatic N) is 10. The Morgan fingerprint density at radius 2 is 1.36 bits per heavy atom. The number of aryl methyl sites for hydroxylation is 1. The van der Waals surface area contributed by atoms with E-state index in [0.717, 1.165) is 51.8 Å². The molecule has 3 N–H and O–H groups in total. The maximum absolute atomic E-state index is 14.9. The molecule has 0 atom stereocenters. The topological polar surface area (TPSA) is 141 Å². The fraction of sp³-hybridized carbons (Fsp3) is 0.143. The van der Waals surface area contributed by atoms with E-state index in [1.807, 2.05) is 0 Å². The highest BCUT2D eigenvalue weighted by molar-refractivity contribution is 8.00. The minimum atomic E-state index is -4.54. The van der Waals surface area contributed by atoms with Gasteiger partial charge in [0.15, 0.2) is 11.6 Å². The van der Waals surface area contributed by atoms with Gasteiger partial charge in [-0.15, -0.1) is 0 Å². The molecule has 0 amide bonds. The molecule has 0 saturated carbocycles. The molecule has 0 aliphatic rings. The molecule has 58 heavy (non-hydrogen) atoms. The van der Waals surface area contributed by atoms with Gasteiger partial charge in [0.1, 0.15) is 11.5 Å². The van der Waals surface area contributed by atoms with Crippen LogP contribution in [0.2, 0.25) is 0 Å². The van der Waals surface area contributed by atoms with Gasteiger partial charge >= 0.3 is 12.4 Å². The lowest BCUT2D eigenvalue weighted by Crippen LogP contribution is -2.38. The first-order chi connectivity index (χ1) is 27.7. The van der Waals surface area contributed by atoms with E-state index in [9.17, 15) is 30.7 Å². The molecule has 0 spiro atoms. The summed E-state index contributed by atoms with van der Waals surface area (Å²) in [6.07, 6.45) is 3.57. The third-order valence-corrected chi connectivity index (χ3v) is 9.67. The van der Waals surface area contributed by atoms with Gasteiger partial charge in [-0.25, -0.2) is 28.7 Å². The molecule has 300 valence electrons. The van der Waals surface area contributed by atoms with E-state index in [1.54, 1.807) is 62.4 Å². The molecule has 0 unspecified atom stereocenters. The van der Waals surface area contributed by atoms with Gasteiger partial charge in [0.25, 0.3) is 5.88 Å². The lowest BCUT2D eigenvalue weighted by atomic mass is 10.1. The van der Waals surface area contributed by atoms with Gasteiger partial charge in [0.05, 0.1) is 46.6 Å². The Labute approximate surface area is 332 Å². The van der Waals surface area contributed by atoms with Crippen LogP contribution in [0.5, 0.6) is 5.88 Å². The molecule has 0 aliphatic heterocycles. The number of hydrazine groups is 1. The van der Waals surface area contributed by atoms with Crippen molar-refractivity contribution in [2.45, 2.75) is 29.1 Å². The number of alkyl halides is 6. The van der Waals surface area contributed by atoms with E-state index < -0.39 is 29.3 Å². The van der Waals surface area contributed by atoms with Gasteiger partial charge in [0, 0.05) is 71.9 Å². The number of pyridine rings is 3. The number of hydrogen-bond donors (Lipinski definition) is 3. The Morgan fingerprint density at radius 3 is 1.90 bits per heavy atom. The van der Waals surface area contributed by atoms with Crippen molar-refractivity contribution in [3.8, 4) is 17.5 Å². The monoisotopic (exact) mass is 843 g/mol. The Kier molecular flexibility index (Phi) is 11.2. The van der Waals surface area contributed by atoms with Crippen LogP contribution in [0.15, 0.2) is 102 Å². The third kappa shape index (κ3) is 8.79. The molecule has 23 heteroatoms. The summed E-state index contributed by atoms with van der Waals surface area (Å²) in [5, 5.41) is 14.0. The van der Waals surface area contributed by atoms with Crippen LogP contribution in [0.1, 0.15) is 23.6 Å². The fourth-order valence-corrected chi connectivity index (χ4v) is 6.67. The Balaban J connectivity index is 1.08. The number of rotatable bonds is 13. The Bertz CT molecular complexity index is 2570. The quantitative estimate of drug-likeness (QED) is 0.0581. The number of hydrogen-bond acceptors (Lipinski definition) is 13. The van der Waals surface area contributed by atoms with Crippen molar-refractivity contribution in [3.05, 3.63) is 115 Å². The molecule has 6 aromatic heterocycles. The SMILES string of the molecule is C/C=C\c1cc(F)cc(NSc2ccc(-n3cc(C(F)(F)F)cn3)nc2)c1N(C)NOc1ncc2cnn(C)c2c1NSc1ccc(-n2cc(C(F)(F)F)cn2)nc1. The summed E-state index contributed by atoms with van der Waals surface area (Å²) < 4.78 is 103. The summed E-state index contributed by atoms with van der Waals surface area (Å²) in [7, 11) is 3.37. The summed E-state index contributed by atoms with van der Waals surface area (Å²) in [6, 6.07) is 8.90. The normalized spacial score (nSPS) is 12.1. The Hall–Kier alpha value is -6.33. The van der Waals surface area contributed by atoms with Gasteiger partial charge in [0.2, 0.25) is 0 Å². The number of nitrogens with one attached hydrogen (secondary N) is 3. The molecule has 0 fully saturated rings. The van der Waals surface area contributed by atoms with Gasteiger partial charge in [-0.2, -0.15) is 41.6 Å². The van der Waals surface area contributed by atoms with Crippen LogP contribution < -0.4 is 24.9 Å². The second kappa shape index (κ2) is 16.3. The van der Waals surface area contributed by atoms with Crippen molar-refractivity contribution < 1.29 is 35.6 Å². The number of benzene rings is 1. The van der Waals surface area contributed by atoms with Crippen molar-refractivity contribution in [3.63, 3.8) is 0 Å². The molecule has 7 rings (SSSR count). The largest absolute Gasteiger partial charge is 0.419 e. The fourth-order valence-electron chi connectivity index (χ4n) is 5.40. The van der Waals surface area contributed by atoms with Crippen molar-refractivity contribution in [2.24, 2.45) is 7.05 Å². The average molecular weight is 844 g/mol. The molecule has 1 aromatic carbocycles. The molecular weight excluding hydrogens is 816 g/mol. The van der Waals surface area contributed by atoms with E-state index >= 15 is 0 Å². The smallest absolute Gasteiger partial charge is 0.366 e. The number of halogens is 7. The van der Waals surface area contributed by atoms with E-state index in [4.69, 9.17) is 4.84 Å². The van der Waals surface area contributed by atoms with E-state index in [0.29, 0.717) is 49.5 Å². The van der Waals surface area contributed by atoms with Crippen LogP contribution in [-0.2, 0) is 19.4 Å². The summed E-state index contributed by atoms with van der Waals surface area (Å²) in [6.45, 7) is 1.78. The third-order valence-electron chi connectivity index (χ3n) is 8.08. The standard InChI is InChI=1S/C35H28F7N13OS2/c1-4-5-20-10-24(36)11-27(49-57-25-6-8-28(43-16-25)54-18-22(14-47-54)34(37,38)39)31(20)53(3)51-56-33-30(32-21(12-45-33)13-46-52(32)2)50-58-26-7-9-29(44-17-26)55-19-23(15-48-55)35(40,41)42/h4-19,49-51H,1-3H3/b5-4-. The van der Waals surface area contributed by atoms with E-state index in [1.165, 1.54) is 41.7 Å². The van der Waals surface area contributed by atoms with Gasteiger partial charge in [-0.1, -0.05) is 17.7 Å². The lowest BCUT2D eigenvalue weighted by Gasteiger charge is -2.25. The van der Waals surface area contributed by atoms with Crippen molar-refractivity contribution in [2.75, 3.05) is 21.5 Å². The zero-order valence-electron chi connectivity index (χ0n) is 30.1. The number of allylic oxidation sites excluding steroid dienone is 1. The maximum Gasteiger partial charge on any atom is 0.419 e. The van der Waals surface area contributed by atoms with Gasteiger partial charge in [-0.3, -0.25) is 9.69 Å². The predicted molar refractivity (Wildman–Crippen MR) is 203 cm³/mol. The molecule has 0 aliphatic carbocycles. The summed E-state index contributed by atoms with van der Waals surface area (Å²) >= 11 is 2.22. The first-order valence-electron chi connectivity index (χ1n) is 16.6. The van der Waals surface area contributed by atoms with Gasteiger partial charge in [-0.05, 0) is 61.2 Å². The summed E-state index contributed by atoms with van der Waals surface area (Å²) in [5.74, 6) is -0.0888. The minimum absolute atomic E-state index is 0.0977. The zero-order valence-corrected chi connectivity index (χ0v) is 31.7. The van der Waals surface area contributed by atoms with Crippen LogP contribution in [0.4, 0.5) is 47.8 Å². The maximum atomic E-state index is 14.9. The van der Waals surface area contributed by atoms with Crippen LogP contribution in [-0.4, -0.2) is 51.3 Å². The van der Waals surface area contributed by atoms with Crippen molar-refractivity contribution in [1.82, 2.24) is 49.9 Å². The summed E-state index contributed by atoms with van der Waals surface area (Å²) in [4.78, 5) is 20.1. The molecule has 0 saturated heterocycles. The first kappa shape index (κ1) is 39.9. The second-order valence-corrected chi connectivity index (χ2v) is 13.9. The van der Waals surface area contributed by atoms with Crippen molar-refractivity contribution in [1.29, 1.82) is 0 Å². The Morgan fingerprint density at radius 1 is 0.759 bits per heavy atom. The number of anilines is 3. The zero-order chi connectivity index (χ0) is 41.2. The highest BCUT2D eigenvalue weighted by atomic mass is 32.2. The molecular formula is C35H28F7N13OS2. The molecule has 14 nitrogen and oxygen atoms in total. The highest BCUT2D eigenvalue weighted by Crippen LogP contribution is 2.37. The van der Waals surface area contributed by atoms with Crippen LogP contribution in [0.25, 0.3) is 28.6 Å². The lowest BCUT2D eigenvalue weighted by molar-refractivity contribution is -0.138. The first-order valence-corrected chi connectivity index (χ1v) is 18.3. The number of aromatic nitrogens is 9. The van der Waals surface area contributed by atoms with Crippen LogP contribution >= 0.6 is 23.9 Å². The van der Waals surface area contributed by atoms with Gasteiger partial charge < -0.3 is 14.3 Å². The van der Waals surface area contributed by atoms with E-state index in [2.05, 4.69) is 45.3 Å². The van der Waals surface area contributed by atoms with Crippen LogP contribution in [0, 0.1) is 5.82 Å². The van der Waals surface area contributed by atoms with Crippen LogP contribution in [0.3, 0.4) is 0 Å². The molecule has 6 heterocycles. The molecule has 0 radical (unpaired) electrons. The number of fused-ring (bicyclic) bond motifs is 1. The van der Waals surface area contributed by atoms with Crippen molar-refractivity contribution >= 4 is 57.9 Å². The highest BCUT2D eigenvalue weighted by Gasteiger charge is 2.33.